The first-order valence-corrected chi connectivity index (χ1v) is 7.27. The number of aromatic nitrogens is 2. The van der Waals surface area contributed by atoms with E-state index in [4.69, 9.17) is 4.74 Å². The number of ether oxygens (including phenoxy) is 1. The van der Waals surface area contributed by atoms with Crippen molar-refractivity contribution in [2.45, 2.75) is 59.5 Å². The summed E-state index contributed by atoms with van der Waals surface area (Å²) in [5.41, 5.74) is -0.439. The summed E-state index contributed by atoms with van der Waals surface area (Å²) in [5.74, 6) is 0.127. The lowest BCUT2D eigenvalue weighted by molar-refractivity contribution is -0.0738. The Morgan fingerprint density at radius 1 is 1.43 bits per heavy atom. The van der Waals surface area contributed by atoms with Gasteiger partial charge in [0.2, 0.25) is 0 Å². The van der Waals surface area contributed by atoms with Gasteiger partial charge in [-0.2, -0.15) is 0 Å². The molecule has 1 aliphatic rings. The van der Waals surface area contributed by atoms with Crippen LogP contribution in [0.3, 0.4) is 0 Å². The van der Waals surface area contributed by atoms with E-state index < -0.39 is 18.0 Å². The van der Waals surface area contributed by atoms with Crippen LogP contribution in [0.4, 0.5) is 0 Å². The molecule has 118 valence electrons. The molecular weight excluding hydrogens is 272 g/mol. The number of aromatic amines is 1. The predicted molar refractivity (Wildman–Crippen MR) is 79.2 cm³/mol. The topological polar surface area (TPSA) is 84.3 Å². The first kappa shape index (κ1) is 16.0. The minimum atomic E-state index is -0.612. The number of aryl methyl sites for hydroxylation is 1. The third-order valence-corrected chi connectivity index (χ3v) is 4.21. The molecule has 1 aromatic rings. The van der Waals surface area contributed by atoms with Crippen LogP contribution in [-0.2, 0) is 4.74 Å². The van der Waals surface area contributed by atoms with Gasteiger partial charge in [-0.15, -0.1) is 0 Å². The number of aliphatic hydroxyl groups excluding tert-OH is 1. The monoisotopic (exact) mass is 296 g/mol. The molecule has 1 fully saturated rings. The zero-order valence-corrected chi connectivity index (χ0v) is 13.2. The molecule has 2 heterocycles. The minimum Gasteiger partial charge on any atom is -0.391 e. The van der Waals surface area contributed by atoms with E-state index in [-0.39, 0.29) is 23.0 Å². The highest BCUT2D eigenvalue weighted by Crippen LogP contribution is 2.44. The van der Waals surface area contributed by atoms with E-state index in [1.807, 2.05) is 0 Å². The van der Waals surface area contributed by atoms with Crippen molar-refractivity contribution in [1.29, 1.82) is 0 Å². The Morgan fingerprint density at radius 3 is 2.52 bits per heavy atom. The summed E-state index contributed by atoms with van der Waals surface area (Å²) in [4.78, 5) is 25.7. The SMILES string of the molecule is Cc1cn([C@H]2CC(C(C)(C)C)[C@@H]([C@H](C)O)O2)c(=O)[nH]c1=O. The number of hydrogen-bond acceptors (Lipinski definition) is 4. The van der Waals surface area contributed by atoms with Crippen LogP contribution < -0.4 is 11.2 Å². The van der Waals surface area contributed by atoms with E-state index in [0.717, 1.165) is 0 Å². The Kier molecular flexibility index (Phi) is 4.13. The van der Waals surface area contributed by atoms with Gasteiger partial charge in [-0.25, -0.2) is 4.79 Å². The fourth-order valence-electron chi connectivity index (χ4n) is 2.96. The molecule has 0 spiro atoms. The van der Waals surface area contributed by atoms with Crippen molar-refractivity contribution in [2.75, 3.05) is 0 Å². The molecule has 1 unspecified atom stereocenters. The Labute approximate surface area is 123 Å². The molecule has 21 heavy (non-hydrogen) atoms. The normalized spacial score (nSPS) is 27.8. The number of rotatable bonds is 2. The summed E-state index contributed by atoms with van der Waals surface area (Å²) in [6, 6.07) is 0. The summed E-state index contributed by atoms with van der Waals surface area (Å²) >= 11 is 0. The maximum atomic E-state index is 12.0. The van der Waals surface area contributed by atoms with Crippen molar-refractivity contribution in [3.05, 3.63) is 32.6 Å². The zero-order chi connectivity index (χ0) is 15.9. The molecule has 1 aliphatic heterocycles. The van der Waals surface area contributed by atoms with E-state index in [2.05, 4.69) is 25.8 Å². The van der Waals surface area contributed by atoms with E-state index in [0.29, 0.717) is 12.0 Å². The van der Waals surface area contributed by atoms with Crippen LogP contribution in [0.15, 0.2) is 15.8 Å². The van der Waals surface area contributed by atoms with Gasteiger partial charge in [0.15, 0.2) is 0 Å². The largest absolute Gasteiger partial charge is 0.391 e. The molecule has 0 aromatic carbocycles. The molecule has 2 N–H and O–H groups in total. The Morgan fingerprint density at radius 2 is 2.05 bits per heavy atom. The number of hydrogen-bond donors (Lipinski definition) is 2. The van der Waals surface area contributed by atoms with Crippen LogP contribution in [0.2, 0.25) is 0 Å². The number of nitrogens with one attached hydrogen (secondary N) is 1. The van der Waals surface area contributed by atoms with Gasteiger partial charge in [-0.05, 0) is 31.6 Å². The number of aliphatic hydroxyl groups is 1. The second kappa shape index (κ2) is 5.42. The van der Waals surface area contributed by atoms with Crippen LogP contribution >= 0.6 is 0 Å². The molecular formula is C15H24N2O4. The fourth-order valence-corrected chi connectivity index (χ4v) is 2.96. The molecule has 1 saturated heterocycles. The fraction of sp³-hybridized carbons (Fsp3) is 0.733. The lowest BCUT2D eigenvalue weighted by atomic mass is 9.75. The van der Waals surface area contributed by atoms with Gasteiger partial charge in [0.1, 0.15) is 6.23 Å². The maximum Gasteiger partial charge on any atom is 0.330 e. The third kappa shape index (κ3) is 3.11. The van der Waals surface area contributed by atoms with Crippen LogP contribution in [0.5, 0.6) is 0 Å². The van der Waals surface area contributed by atoms with Crippen molar-refractivity contribution in [3.8, 4) is 0 Å². The van der Waals surface area contributed by atoms with Crippen molar-refractivity contribution in [1.82, 2.24) is 9.55 Å². The van der Waals surface area contributed by atoms with Crippen molar-refractivity contribution in [2.24, 2.45) is 11.3 Å². The van der Waals surface area contributed by atoms with Gasteiger partial charge in [-0.3, -0.25) is 14.3 Å². The Hall–Kier alpha value is -1.40. The molecule has 6 nitrogen and oxygen atoms in total. The number of H-pyrrole nitrogens is 1. The quantitative estimate of drug-likeness (QED) is 0.858. The van der Waals surface area contributed by atoms with E-state index in [1.54, 1.807) is 13.8 Å². The average Bonchev–Trinajstić information content (AvgIpc) is 2.78. The summed E-state index contributed by atoms with van der Waals surface area (Å²) in [5, 5.41) is 9.95. The molecule has 0 bridgehead atoms. The second-order valence-electron chi connectivity index (χ2n) is 6.98. The lowest BCUT2D eigenvalue weighted by Crippen LogP contribution is -2.36. The molecule has 0 aliphatic carbocycles. The zero-order valence-electron chi connectivity index (χ0n) is 13.2. The first-order chi connectivity index (χ1) is 9.61. The summed E-state index contributed by atoms with van der Waals surface area (Å²) in [7, 11) is 0. The van der Waals surface area contributed by atoms with E-state index in [9.17, 15) is 14.7 Å². The van der Waals surface area contributed by atoms with Crippen LogP contribution in [0.25, 0.3) is 0 Å². The number of nitrogens with zero attached hydrogens (tertiary/aromatic N) is 1. The predicted octanol–water partition coefficient (Wildman–Crippen LogP) is 1.18. The van der Waals surface area contributed by atoms with E-state index >= 15 is 0 Å². The molecule has 1 aromatic heterocycles. The minimum absolute atomic E-state index is 0.0444. The highest BCUT2D eigenvalue weighted by molar-refractivity contribution is 5.02. The summed E-state index contributed by atoms with van der Waals surface area (Å²) in [6.45, 7) is 9.64. The highest BCUT2D eigenvalue weighted by atomic mass is 16.5. The Balaban J connectivity index is 2.38. The van der Waals surface area contributed by atoms with Crippen LogP contribution in [0, 0.1) is 18.3 Å². The maximum absolute atomic E-state index is 12.0. The standard InChI is InChI=1S/C15H24N2O4/c1-8-7-17(14(20)16-13(8)19)11-6-10(15(3,4)5)12(21-11)9(2)18/h7,9-12,18H,6H2,1-5H3,(H,16,19,20)/t9-,10?,11+,12+/m0/s1. The molecule has 0 amide bonds. The van der Waals surface area contributed by atoms with Crippen LogP contribution in [0.1, 0.15) is 45.9 Å². The van der Waals surface area contributed by atoms with Gasteiger partial charge >= 0.3 is 5.69 Å². The molecule has 0 radical (unpaired) electrons. The van der Waals surface area contributed by atoms with Crippen molar-refractivity contribution < 1.29 is 9.84 Å². The van der Waals surface area contributed by atoms with Crippen molar-refractivity contribution in [3.63, 3.8) is 0 Å². The molecule has 0 saturated carbocycles. The van der Waals surface area contributed by atoms with Gasteiger partial charge in [0.05, 0.1) is 12.2 Å². The van der Waals surface area contributed by atoms with Gasteiger partial charge in [-0.1, -0.05) is 20.8 Å². The van der Waals surface area contributed by atoms with E-state index in [1.165, 1.54) is 10.8 Å². The smallest absolute Gasteiger partial charge is 0.330 e. The molecule has 2 rings (SSSR count). The van der Waals surface area contributed by atoms with Gasteiger partial charge in [0, 0.05) is 11.8 Å². The first-order valence-electron chi connectivity index (χ1n) is 7.27. The molecule has 6 heteroatoms. The van der Waals surface area contributed by atoms with Crippen molar-refractivity contribution >= 4 is 0 Å². The van der Waals surface area contributed by atoms with Crippen LogP contribution in [-0.4, -0.2) is 26.9 Å². The third-order valence-electron chi connectivity index (χ3n) is 4.21. The highest BCUT2D eigenvalue weighted by Gasteiger charge is 2.44. The lowest BCUT2D eigenvalue weighted by Gasteiger charge is -2.32. The average molecular weight is 296 g/mol. The second-order valence-corrected chi connectivity index (χ2v) is 6.98. The molecule has 4 atom stereocenters. The Bertz CT molecular complexity index is 624. The van der Waals surface area contributed by atoms with Gasteiger partial charge in [0.25, 0.3) is 5.56 Å². The summed E-state index contributed by atoms with van der Waals surface area (Å²) < 4.78 is 7.33. The van der Waals surface area contributed by atoms with Gasteiger partial charge < -0.3 is 9.84 Å². The summed E-state index contributed by atoms with van der Waals surface area (Å²) in [6.07, 6.45) is 0.755.